The molecule has 13 rings (SSSR count). The first-order valence-corrected chi connectivity index (χ1v) is 25.2. The molecular weight excluding hydrogens is 893 g/mol. The van der Waals surface area contributed by atoms with Gasteiger partial charge in [0.15, 0.2) is 5.58 Å². The third kappa shape index (κ3) is 7.54. The van der Waals surface area contributed by atoms with Crippen LogP contribution in [0.5, 0.6) is 0 Å². The van der Waals surface area contributed by atoms with Gasteiger partial charge >= 0.3 is 0 Å². The van der Waals surface area contributed by atoms with E-state index in [0.717, 1.165) is 105 Å². The number of benzene rings is 10. The fourth-order valence-electron chi connectivity index (χ4n) is 10.8. The van der Waals surface area contributed by atoms with Crippen molar-refractivity contribution >= 4 is 99.9 Å². The van der Waals surface area contributed by atoms with Gasteiger partial charge in [-0.05, 0) is 105 Å². The van der Waals surface area contributed by atoms with Crippen molar-refractivity contribution < 1.29 is 13.3 Å². The van der Waals surface area contributed by atoms with Gasteiger partial charge in [0, 0.05) is 56.4 Å². The Hall–Kier alpha value is -8.80. The fourth-order valence-corrected chi connectivity index (χ4v) is 10.8. The van der Waals surface area contributed by atoms with Crippen molar-refractivity contribution in [2.24, 2.45) is 0 Å². The number of nitrogens with zero attached hydrogens (tertiary/aromatic N) is 2. The molecular formula is C68H54N2O3. The van der Waals surface area contributed by atoms with E-state index >= 15 is 0 Å². The van der Waals surface area contributed by atoms with Crippen molar-refractivity contribution in [2.75, 3.05) is 9.80 Å². The summed E-state index contributed by atoms with van der Waals surface area (Å²) in [5.41, 5.74) is 17.6. The topological polar surface area (TPSA) is 45.9 Å². The molecule has 5 heteroatoms. The monoisotopic (exact) mass is 946 g/mol. The molecule has 0 amide bonds. The summed E-state index contributed by atoms with van der Waals surface area (Å²) in [5, 5.41) is 5.85. The molecule has 0 spiro atoms. The normalized spacial score (nSPS) is 12.2. The second-order valence-electron chi connectivity index (χ2n) is 21.3. The molecule has 0 aliphatic rings. The molecule has 354 valence electrons. The van der Waals surface area contributed by atoms with Gasteiger partial charge in [-0.3, -0.25) is 0 Å². The summed E-state index contributed by atoms with van der Waals surface area (Å²) in [6, 6.07) is 77.8. The van der Waals surface area contributed by atoms with E-state index in [1.165, 1.54) is 22.3 Å². The summed E-state index contributed by atoms with van der Waals surface area (Å²) in [6.07, 6.45) is 0. The van der Waals surface area contributed by atoms with Gasteiger partial charge in [-0.1, -0.05) is 187 Å². The third-order valence-corrected chi connectivity index (χ3v) is 14.6. The van der Waals surface area contributed by atoms with Gasteiger partial charge in [-0.2, -0.15) is 0 Å². The molecule has 0 fully saturated rings. The van der Waals surface area contributed by atoms with Crippen LogP contribution in [-0.2, 0) is 10.8 Å². The molecule has 0 N–H and O–H groups in total. The number of para-hydroxylation sites is 2. The highest BCUT2D eigenvalue weighted by Gasteiger charge is 2.30. The zero-order chi connectivity index (χ0) is 49.6. The highest BCUT2D eigenvalue weighted by Crippen LogP contribution is 2.53. The molecule has 0 aliphatic carbocycles. The Kier molecular flexibility index (Phi) is 10.2. The van der Waals surface area contributed by atoms with Gasteiger partial charge in [0.1, 0.15) is 27.9 Å². The zero-order valence-electron chi connectivity index (χ0n) is 41.9. The maximum atomic E-state index is 7.33. The summed E-state index contributed by atoms with van der Waals surface area (Å²) in [5.74, 6) is 0. The standard InChI is InChI=1S/C68H54N2O3/c1-67(2,3)47-29-37-51(38-30-47)69(49-33-25-45(26-34-49)43-17-9-7-10-18-43)55-41-60-64(66-61(55)53-21-13-15-23-57(53)73-66)63-59(71-60)42-56(65-62(63)54-22-14-16-24-58(54)72-65)70(52-39-31-48(32-40-52)68(4,5)6)50-35-27-46(28-36-50)44-19-11-8-12-20-44/h7-42H,1-6H3. The maximum Gasteiger partial charge on any atom is 0.160 e. The second-order valence-corrected chi connectivity index (χ2v) is 21.3. The van der Waals surface area contributed by atoms with Crippen molar-refractivity contribution in [1.82, 2.24) is 0 Å². The number of fused-ring (bicyclic) bond motifs is 11. The summed E-state index contributed by atoms with van der Waals surface area (Å²) >= 11 is 0. The molecule has 5 nitrogen and oxygen atoms in total. The lowest BCUT2D eigenvalue weighted by molar-refractivity contribution is 0.590. The van der Waals surface area contributed by atoms with Crippen LogP contribution in [0.25, 0.3) is 88.1 Å². The first-order valence-electron chi connectivity index (χ1n) is 25.2. The van der Waals surface area contributed by atoms with Crippen LogP contribution in [0.2, 0.25) is 0 Å². The lowest BCUT2D eigenvalue weighted by Crippen LogP contribution is -2.13. The lowest BCUT2D eigenvalue weighted by atomic mass is 9.87. The number of anilines is 6. The second kappa shape index (κ2) is 16.9. The Morgan fingerprint density at radius 1 is 0.288 bits per heavy atom. The van der Waals surface area contributed by atoms with Crippen LogP contribution >= 0.6 is 0 Å². The highest BCUT2D eigenvalue weighted by atomic mass is 16.3. The van der Waals surface area contributed by atoms with E-state index in [4.69, 9.17) is 13.3 Å². The van der Waals surface area contributed by atoms with Crippen LogP contribution in [-0.4, -0.2) is 0 Å². The molecule has 0 saturated carbocycles. The lowest BCUT2D eigenvalue weighted by Gasteiger charge is -2.28. The number of hydrogen-bond acceptors (Lipinski definition) is 5. The molecule has 0 unspecified atom stereocenters. The van der Waals surface area contributed by atoms with Gasteiger partial charge in [0.05, 0.1) is 22.1 Å². The van der Waals surface area contributed by atoms with Gasteiger partial charge in [-0.25, -0.2) is 0 Å². The Balaban J connectivity index is 1.09. The van der Waals surface area contributed by atoms with Crippen molar-refractivity contribution in [3.63, 3.8) is 0 Å². The quantitative estimate of drug-likeness (QED) is 0.152. The van der Waals surface area contributed by atoms with E-state index in [-0.39, 0.29) is 10.8 Å². The van der Waals surface area contributed by atoms with Crippen LogP contribution in [0.1, 0.15) is 52.7 Å². The Morgan fingerprint density at radius 2 is 0.658 bits per heavy atom. The van der Waals surface area contributed by atoms with E-state index in [0.29, 0.717) is 5.58 Å². The summed E-state index contributed by atoms with van der Waals surface area (Å²) in [7, 11) is 0. The minimum Gasteiger partial charge on any atom is -0.456 e. The number of hydrogen-bond donors (Lipinski definition) is 0. The molecule has 0 radical (unpaired) electrons. The predicted molar refractivity (Wildman–Crippen MR) is 306 cm³/mol. The molecule has 3 heterocycles. The molecule has 3 aromatic heterocycles. The summed E-state index contributed by atoms with van der Waals surface area (Å²) in [4.78, 5) is 4.66. The van der Waals surface area contributed by atoms with Crippen LogP contribution < -0.4 is 9.80 Å². The van der Waals surface area contributed by atoms with Gasteiger partial charge < -0.3 is 23.1 Å². The van der Waals surface area contributed by atoms with Crippen molar-refractivity contribution in [3.05, 3.63) is 230 Å². The minimum atomic E-state index is -0.0161. The minimum absolute atomic E-state index is 0.0135. The summed E-state index contributed by atoms with van der Waals surface area (Å²) in [6.45, 7) is 13.5. The number of furan rings is 3. The molecule has 0 aliphatic heterocycles. The first-order chi connectivity index (χ1) is 35.5. The summed E-state index contributed by atoms with van der Waals surface area (Å²) < 4.78 is 21.6. The fraction of sp³-hybridized carbons (Fsp3) is 0.118. The zero-order valence-corrected chi connectivity index (χ0v) is 41.9. The average molecular weight is 947 g/mol. The molecule has 0 bridgehead atoms. The Labute approximate surface area is 425 Å². The van der Waals surface area contributed by atoms with Crippen molar-refractivity contribution in [1.29, 1.82) is 0 Å². The van der Waals surface area contributed by atoms with E-state index < -0.39 is 0 Å². The van der Waals surface area contributed by atoms with Gasteiger partial charge in [0.25, 0.3) is 0 Å². The van der Waals surface area contributed by atoms with E-state index in [1.54, 1.807) is 0 Å². The SMILES string of the molecule is CC(C)(C)c1ccc(N(c2ccc(-c3ccccc3)cc2)c2cc3oc4cc(N(c5ccc(-c6ccccc6)cc5)c5ccc(C(C)(C)C)cc5)c5c6ccccc6oc5c4c3c3c2oc2ccccc23)cc1. The Morgan fingerprint density at radius 3 is 1.14 bits per heavy atom. The first kappa shape index (κ1) is 44.2. The van der Waals surface area contributed by atoms with E-state index in [1.807, 2.05) is 12.1 Å². The number of rotatable bonds is 8. The van der Waals surface area contributed by atoms with Crippen LogP contribution in [0.15, 0.2) is 232 Å². The Bertz CT molecular complexity index is 4170. The van der Waals surface area contributed by atoms with E-state index in [9.17, 15) is 0 Å². The van der Waals surface area contributed by atoms with E-state index in [2.05, 4.69) is 258 Å². The van der Waals surface area contributed by atoms with Crippen LogP contribution in [0, 0.1) is 0 Å². The van der Waals surface area contributed by atoms with Crippen LogP contribution in [0.3, 0.4) is 0 Å². The molecule has 13 aromatic rings. The maximum absolute atomic E-state index is 7.33. The average Bonchev–Trinajstić information content (AvgIpc) is 4.11. The van der Waals surface area contributed by atoms with Gasteiger partial charge in [0.2, 0.25) is 0 Å². The molecule has 0 atom stereocenters. The molecule has 10 aromatic carbocycles. The largest absolute Gasteiger partial charge is 0.456 e. The highest BCUT2D eigenvalue weighted by molar-refractivity contribution is 6.35. The van der Waals surface area contributed by atoms with Crippen molar-refractivity contribution in [2.45, 2.75) is 52.4 Å². The smallest absolute Gasteiger partial charge is 0.160 e. The van der Waals surface area contributed by atoms with Gasteiger partial charge in [-0.15, -0.1) is 0 Å². The third-order valence-electron chi connectivity index (χ3n) is 14.6. The molecule has 73 heavy (non-hydrogen) atoms. The van der Waals surface area contributed by atoms with Crippen LogP contribution in [0.4, 0.5) is 34.1 Å². The van der Waals surface area contributed by atoms with Crippen molar-refractivity contribution in [3.8, 4) is 22.3 Å². The molecule has 0 saturated heterocycles. The predicted octanol–water partition coefficient (Wildman–Crippen LogP) is 20.3.